The van der Waals surface area contributed by atoms with Crippen LogP contribution >= 0.6 is 7.26 Å². The predicted molar refractivity (Wildman–Crippen MR) is 167 cm³/mol. The van der Waals surface area contributed by atoms with Gasteiger partial charge in [-0.2, -0.15) is 0 Å². The zero-order chi connectivity index (χ0) is 26.3. The van der Waals surface area contributed by atoms with Crippen LogP contribution in [0, 0.1) is 29.1 Å². The van der Waals surface area contributed by atoms with Crippen LogP contribution in [0.1, 0.15) is 79.6 Å². The van der Waals surface area contributed by atoms with Crippen molar-refractivity contribution in [2.45, 2.75) is 79.6 Å². The van der Waals surface area contributed by atoms with E-state index in [9.17, 15) is 0 Å². The van der Waals surface area contributed by atoms with Gasteiger partial charge in [-0.05, 0) is 97.6 Å². The fraction of sp³-hybridized carbons (Fsp3) is 0.500. The molecule has 1 heteroatoms. The molecule has 3 aromatic carbocycles. The lowest BCUT2D eigenvalue weighted by molar-refractivity contribution is 0.0658. The van der Waals surface area contributed by atoms with E-state index in [1.54, 1.807) is 0 Å². The molecule has 198 valence electrons. The summed E-state index contributed by atoms with van der Waals surface area (Å²) in [4.78, 5) is 0. The Bertz CT molecular complexity index is 961. The molecule has 2 aliphatic rings. The Hall–Kier alpha value is -1.91. The van der Waals surface area contributed by atoms with E-state index >= 15 is 0 Å². The SMILES string of the molecule is CC(C)CCC[P+](c1ccccc1)(c1ccccc1)c1ccccc1.C[C@H]1CCC[C@]2(C)[C@@H](C)CC[C@@H]12. The molecule has 0 unspecified atom stereocenters. The molecule has 4 atom stereocenters. The maximum absolute atomic E-state index is 2.55. The van der Waals surface area contributed by atoms with Crippen molar-refractivity contribution in [3.05, 3.63) is 91.0 Å². The topological polar surface area (TPSA) is 0 Å². The van der Waals surface area contributed by atoms with Crippen molar-refractivity contribution in [2.75, 3.05) is 6.16 Å². The summed E-state index contributed by atoms with van der Waals surface area (Å²) >= 11 is 0. The second-order valence-corrected chi connectivity index (χ2v) is 16.2. The average molecular weight is 514 g/mol. The molecule has 0 radical (unpaired) electrons. The van der Waals surface area contributed by atoms with Gasteiger partial charge in [0, 0.05) is 0 Å². The first-order valence-electron chi connectivity index (χ1n) is 14.9. The average Bonchev–Trinajstić information content (AvgIpc) is 3.23. The van der Waals surface area contributed by atoms with Crippen LogP contribution in [-0.4, -0.2) is 6.16 Å². The van der Waals surface area contributed by atoms with Gasteiger partial charge in [0.2, 0.25) is 0 Å². The van der Waals surface area contributed by atoms with Gasteiger partial charge in [0.15, 0.2) is 0 Å². The minimum absolute atomic E-state index is 0.720. The standard InChI is InChI=1S/C24H28P.C12H22/c1-21(2)13-12-20-25(22-14-6-3-7-15-22,23-16-8-4-9-17-23)24-18-10-5-11-19-24;1-9-5-4-8-12(3)10(2)6-7-11(9)12/h3-11,14-19,21H,12-13,20H2,1-2H3;9-11H,4-8H2,1-3H3/q+1;/t;9-,10-,11-,12+/m.0/s1. The summed E-state index contributed by atoms with van der Waals surface area (Å²) < 4.78 is 0. The van der Waals surface area contributed by atoms with Crippen LogP contribution in [0.25, 0.3) is 0 Å². The van der Waals surface area contributed by atoms with Crippen molar-refractivity contribution in [3.8, 4) is 0 Å². The van der Waals surface area contributed by atoms with Crippen LogP contribution in [-0.2, 0) is 0 Å². The molecule has 0 aliphatic heterocycles. The Labute approximate surface area is 228 Å². The number of fused-ring (bicyclic) bond motifs is 1. The number of rotatable bonds is 7. The quantitative estimate of drug-likeness (QED) is 0.276. The van der Waals surface area contributed by atoms with Crippen LogP contribution < -0.4 is 15.9 Å². The zero-order valence-electron chi connectivity index (χ0n) is 24.1. The van der Waals surface area contributed by atoms with Crippen molar-refractivity contribution in [1.29, 1.82) is 0 Å². The van der Waals surface area contributed by atoms with E-state index in [0.29, 0.717) is 0 Å². The second kappa shape index (κ2) is 12.8. The van der Waals surface area contributed by atoms with E-state index in [1.807, 2.05) is 0 Å². The summed E-state index contributed by atoms with van der Waals surface area (Å²) in [7, 11) is -1.61. The van der Waals surface area contributed by atoms with E-state index in [1.165, 1.54) is 67.0 Å². The molecule has 0 amide bonds. The van der Waals surface area contributed by atoms with Crippen molar-refractivity contribution < 1.29 is 0 Å². The maximum Gasteiger partial charge on any atom is 0.112 e. The highest BCUT2D eigenvalue weighted by atomic mass is 31.2. The molecule has 3 aromatic rings. The second-order valence-electron chi connectivity index (χ2n) is 12.5. The molecule has 0 spiro atoms. The molecule has 37 heavy (non-hydrogen) atoms. The maximum atomic E-state index is 2.55. The first kappa shape index (κ1) is 28.1. The summed E-state index contributed by atoms with van der Waals surface area (Å²) in [6.45, 7) is 12.1. The van der Waals surface area contributed by atoms with Gasteiger partial charge in [0.1, 0.15) is 23.2 Å². The Morgan fingerprint density at radius 2 is 1.22 bits per heavy atom. The third-order valence-electron chi connectivity index (χ3n) is 9.81. The van der Waals surface area contributed by atoms with Crippen LogP contribution in [0.15, 0.2) is 91.0 Å². The van der Waals surface area contributed by atoms with Gasteiger partial charge in [-0.1, -0.05) is 102 Å². The highest BCUT2D eigenvalue weighted by Gasteiger charge is 2.48. The van der Waals surface area contributed by atoms with E-state index in [-0.39, 0.29) is 0 Å². The Kier molecular flexibility index (Phi) is 9.69. The third-order valence-corrected chi connectivity index (χ3v) is 14.3. The van der Waals surface area contributed by atoms with Crippen molar-refractivity contribution in [2.24, 2.45) is 29.1 Å². The van der Waals surface area contributed by atoms with Crippen LogP contribution in [0.5, 0.6) is 0 Å². The number of hydrogen-bond donors (Lipinski definition) is 0. The molecule has 2 fully saturated rings. The fourth-order valence-electron chi connectivity index (χ4n) is 7.45. The Morgan fingerprint density at radius 3 is 1.65 bits per heavy atom. The van der Waals surface area contributed by atoms with Gasteiger partial charge in [0.25, 0.3) is 0 Å². The van der Waals surface area contributed by atoms with Crippen molar-refractivity contribution in [1.82, 2.24) is 0 Å². The molecule has 0 saturated heterocycles. The lowest BCUT2D eigenvalue weighted by Gasteiger charge is -2.43. The highest BCUT2D eigenvalue weighted by molar-refractivity contribution is 7.95. The monoisotopic (exact) mass is 513 g/mol. The third kappa shape index (κ3) is 6.23. The van der Waals surface area contributed by atoms with Crippen LogP contribution in [0.4, 0.5) is 0 Å². The summed E-state index contributed by atoms with van der Waals surface area (Å²) in [5, 5.41) is 4.49. The van der Waals surface area contributed by atoms with E-state index in [0.717, 1.165) is 29.1 Å². The predicted octanol–water partition coefficient (Wildman–Crippen LogP) is 9.28. The summed E-state index contributed by atoms with van der Waals surface area (Å²) in [6.07, 6.45) is 11.3. The summed E-state index contributed by atoms with van der Waals surface area (Å²) in [5.41, 5.74) is 0.720. The number of benzene rings is 3. The minimum Gasteiger partial charge on any atom is -0.0628 e. The lowest BCUT2D eigenvalue weighted by Crippen LogP contribution is -2.34. The normalized spacial score (nSPS) is 25.3. The zero-order valence-corrected chi connectivity index (χ0v) is 25.0. The fourth-order valence-corrected chi connectivity index (χ4v) is 11.8. The molecule has 5 rings (SSSR count). The molecule has 0 N–H and O–H groups in total. The molecule has 0 bridgehead atoms. The molecular formula is C36H50P+. The molecule has 0 nitrogen and oxygen atoms in total. The van der Waals surface area contributed by atoms with Crippen LogP contribution in [0.3, 0.4) is 0 Å². The highest BCUT2D eigenvalue weighted by Crippen LogP contribution is 2.57. The lowest BCUT2D eigenvalue weighted by atomic mass is 9.62. The van der Waals surface area contributed by atoms with Crippen LogP contribution in [0.2, 0.25) is 0 Å². The smallest absolute Gasteiger partial charge is 0.0628 e. The molecule has 2 saturated carbocycles. The Balaban J connectivity index is 0.000000222. The summed E-state index contributed by atoms with van der Waals surface area (Å²) in [6, 6.07) is 33.6. The van der Waals surface area contributed by atoms with E-state index < -0.39 is 7.26 Å². The minimum atomic E-state index is -1.61. The first-order chi connectivity index (χ1) is 17.9. The van der Waals surface area contributed by atoms with Gasteiger partial charge in [-0.25, -0.2) is 0 Å². The summed E-state index contributed by atoms with van der Waals surface area (Å²) in [5.74, 6) is 3.81. The first-order valence-corrected chi connectivity index (χ1v) is 16.9. The van der Waals surface area contributed by atoms with Gasteiger partial charge < -0.3 is 0 Å². The molecule has 0 heterocycles. The van der Waals surface area contributed by atoms with Gasteiger partial charge in [-0.15, -0.1) is 0 Å². The number of hydrogen-bond acceptors (Lipinski definition) is 0. The van der Waals surface area contributed by atoms with Crippen molar-refractivity contribution in [3.63, 3.8) is 0 Å². The van der Waals surface area contributed by atoms with Gasteiger partial charge in [0.05, 0.1) is 6.16 Å². The Morgan fingerprint density at radius 1 is 0.730 bits per heavy atom. The molecule has 0 aromatic heterocycles. The van der Waals surface area contributed by atoms with E-state index in [2.05, 4.69) is 126 Å². The molecule has 2 aliphatic carbocycles. The largest absolute Gasteiger partial charge is 0.112 e. The van der Waals surface area contributed by atoms with Gasteiger partial charge >= 0.3 is 0 Å². The molecular weight excluding hydrogens is 463 g/mol. The van der Waals surface area contributed by atoms with Gasteiger partial charge in [-0.3, -0.25) is 0 Å². The van der Waals surface area contributed by atoms with E-state index in [4.69, 9.17) is 0 Å². The van der Waals surface area contributed by atoms with Crippen molar-refractivity contribution >= 4 is 23.2 Å².